The third-order valence-electron chi connectivity index (χ3n) is 3.23. The number of fused-ring (bicyclic) bond motifs is 1. The Labute approximate surface area is 121 Å². The molecule has 0 aliphatic heterocycles. The monoisotopic (exact) mass is 279 g/mol. The van der Waals surface area contributed by atoms with Crippen molar-refractivity contribution < 1.29 is 9.52 Å². The Morgan fingerprint density at radius 2 is 1.90 bits per heavy atom. The second-order valence-corrected chi connectivity index (χ2v) is 4.72. The normalized spacial score (nSPS) is 11.3. The molecule has 0 saturated carbocycles. The Morgan fingerprint density at radius 3 is 2.67 bits per heavy atom. The van der Waals surface area contributed by atoms with Gasteiger partial charge in [0.1, 0.15) is 5.75 Å². The van der Waals surface area contributed by atoms with Gasteiger partial charge in [-0.2, -0.15) is 0 Å². The number of hydrogen-bond donors (Lipinski definition) is 1. The van der Waals surface area contributed by atoms with Crippen LogP contribution in [0.3, 0.4) is 0 Å². The van der Waals surface area contributed by atoms with Crippen LogP contribution in [0.15, 0.2) is 62.7 Å². The second-order valence-electron chi connectivity index (χ2n) is 4.72. The van der Waals surface area contributed by atoms with Crippen molar-refractivity contribution in [1.29, 1.82) is 0 Å². The van der Waals surface area contributed by atoms with Crippen LogP contribution in [0.1, 0.15) is 11.1 Å². The molecule has 104 valence electrons. The van der Waals surface area contributed by atoms with E-state index >= 15 is 0 Å². The molecule has 0 spiro atoms. The fourth-order valence-electron chi connectivity index (χ4n) is 2.17. The SMILES string of the molecule is Cc1cc(=O)oc2c(C=Nc3ccccc3)c(O)ccc12. The van der Waals surface area contributed by atoms with Gasteiger partial charge in [0, 0.05) is 17.7 Å². The van der Waals surface area contributed by atoms with Gasteiger partial charge in [-0.25, -0.2) is 4.79 Å². The van der Waals surface area contributed by atoms with E-state index in [-0.39, 0.29) is 5.75 Å². The molecule has 21 heavy (non-hydrogen) atoms. The number of phenolic OH excluding ortho intramolecular Hbond substituents is 1. The van der Waals surface area contributed by atoms with E-state index in [1.165, 1.54) is 12.3 Å². The maximum Gasteiger partial charge on any atom is 0.336 e. The maximum atomic E-state index is 11.5. The van der Waals surface area contributed by atoms with Crippen LogP contribution >= 0.6 is 0 Å². The van der Waals surface area contributed by atoms with Crippen molar-refractivity contribution >= 4 is 22.9 Å². The summed E-state index contributed by atoms with van der Waals surface area (Å²) in [6.45, 7) is 1.83. The Kier molecular flexibility index (Phi) is 3.28. The second kappa shape index (κ2) is 5.25. The quantitative estimate of drug-likeness (QED) is 0.576. The number of nitrogens with zero attached hydrogens (tertiary/aromatic N) is 1. The lowest BCUT2D eigenvalue weighted by Crippen LogP contribution is -2.00. The maximum absolute atomic E-state index is 11.5. The van der Waals surface area contributed by atoms with Gasteiger partial charge in [0.15, 0.2) is 5.58 Å². The smallest absolute Gasteiger partial charge is 0.336 e. The molecular formula is C17H13NO3. The van der Waals surface area contributed by atoms with Crippen LogP contribution in [0.5, 0.6) is 5.75 Å². The zero-order chi connectivity index (χ0) is 14.8. The first-order chi connectivity index (χ1) is 10.1. The predicted octanol–water partition coefficient (Wildman–Crippen LogP) is 3.56. The molecule has 3 aromatic rings. The van der Waals surface area contributed by atoms with Crippen LogP contribution in [0.4, 0.5) is 5.69 Å². The van der Waals surface area contributed by atoms with Gasteiger partial charge in [-0.3, -0.25) is 4.99 Å². The molecular weight excluding hydrogens is 266 g/mol. The summed E-state index contributed by atoms with van der Waals surface area (Å²) in [5.41, 5.74) is 1.86. The van der Waals surface area contributed by atoms with E-state index in [4.69, 9.17) is 4.42 Å². The molecule has 0 radical (unpaired) electrons. The summed E-state index contributed by atoms with van der Waals surface area (Å²) < 4.78 is 5.24. The van der Waals surface area contributed by atoms with E-state index in [2.05, 4.69) is 4.99 Å². The van der Waals surface area contributed by atoms with Crippen molar-refractivity contribution in [2.45, 2.75) is 6.92 Å². The van der Waals surface area contributed by atoms with Gasteiger partial charge in [-0.1, -0.05) is 18.2 Å². The highest BCUT2D eigenvalue weighted by atomic mass is 16.4. The molecule has 0 atom stereocenters. The van der Waals surface area contributed by atoms with Crippen LogP contribution < -0.4 is 5.63 Å². The van der Waals surface area contributed by atoms with E-state index in [1.54, 1.807) is 12.1 Å². The van der Waals surface area contributed by atoms with Gasteiger partial charge in [0.2, 0.25) is 0 Å². The topological polar surface area (TPSA) is 62.8 Å². The molecule has 3 rings (SSSR count). The van der Waals surface area contributed by atoms with E-state index in [9.17, 15) is 9.90 Å². The fourth-order valence-corrected chi connectivity index (χ4v) is 2.17. The lowest BCUT2D eigenvalue weighted by molar-refractivity contribution is 0.472. The molecule has 0 aliphatic carbocycles. The minimum absolute atomic E-state index is 0.0240. The highest BCUT2D eigenvalue weighted by Gasteiger charge is 2.10. The molecule has 1 N–H and O–H groups in total. The summed E-state index contributed by atoms with van der Waals surface area (Å²) in [6.07, 6.45) is 1.51. The average Bonchev–Trinajstić information content (AvgIpc) is 2.47. The summed E-state index contributed by atoms with van der Waals surface area (Å²) >= 11 is 0. The number of phenols is 1. The number of rotatable bonds is 2. The van der Waals surface area contributed by atoms with Gasteiger partial charge < -0.3 is 9.52 Å². The predicted molar refractivity (Wildman–Crippen MR) is 82.6 cm³/mol. The average molecular weight is 279 g/mol. The summed E-state index contributed by atoms with van der Waals surface area (Å²) in [5, 5.41) is 10.8. The summed E-state index contributed by atoms with van der Waals surface area (Å²) in [5.74, 6) is 0.0240. The standard InChI is InChI=1S/C17H13NO3/c1-11-9-16(20)21-17-13(11)7-8-15(19)14(17)10-18-12-5-3-2-4-6-12/h2-10,19H,1H3. The first kappa shape index (κ1) is 13.1. The minimum atomic E-state index is -0.444. The number of aromatic hydroxyl groups is 1. The van der Waals surface area contributed by atoms with Crippen LogP contribution in [-0.2, 0) is 0 Å². The van der Waals surface area contributed by atoms with Crippen molar-refractivity contribution in [1.82, 2.24) is 0 Å². The highest BCUT2D eigenvalue weighted by Crippen LogP contribution is 2.27. The van der Waals surface area contributed by atoms with Crippen LogP contribution in [0.2, 0.25) is 0 Å². The Hall–Kier alpha value is -2.88. The Bertz CT molecular complexity index is 880. The van der Waals surface area contributed by atoms with Gasteiger partial charge in [0.25, 0.3) is 0 Å². The third kappa shape index (κ3) is 2.56. The zero-order valence-corrected chi connectivity index (χ0v) is 11.4. The van der Waals surface area contributed by atoms with Crippen LogP contribution in [0, 0.1) is 6.92 Å². The van der Waals surface area contributed by atoms with E-state index in [0.29, 0.717) is 11.1 Å². The van der Waals surface area contributed by atoms with Crippen molar-refractivity contribution in [3.05, 3.63) is 70.1 Å². The van der Waals surface area contributed by atoms with Crippen molar-refractivity contribution in [3.8, 4) is 5.75 Å². The van der Waals surface area contributed by atoms with Gasteiger partial charge in [-0.05, 0) is 36.8 Å². The molecule has 2 aromatic carbocycles. The molecule has 0 unspecified atom stereocenters. The van der Waals surface area contributed by atoms with Crippen molar-refractivity contribution in [2.24, 2.45) is 4.99 Å². The first-order valence-corrected chi connectivity index (χ1v) is 6.51. The number of aryl methyl sites for hydroxylation is 1. The first-order valence-electron chi connectivity index (χ1n) is 6.51. The van der Waals surface area contributed by atoms with E-state index in [0.717, 1.165) is 16.6 Å². The zero-order valence-electron chi connectivity index (χ0n) is 11.4. The van der Waals surface area contributed by atoms with Crippen LogP contribution in [-0.4, -0.2) is 11.3 Å². The minimum Gasteiger partial charge on any atom is -0.507 e. The summed E-state index contributed by atoms with van der Waals surface area (Å²) in [4.78, 5) is 15.8. The van der Waals surface area contributed by atoms with Crippen molar-refractivity contribution in [2.75, 3.05) is 0 Å². The molecule has 4 heteroatoms. The molecule has 4 nitrogen and oxygen atoms in total. The lowest BCUT2D eigenvalue weighted by atomic mass is 10.1. The summed E-state index contributed by atoms with van der Waals surface area (Å²) in [7, 11) is 0. The van der Waals surface area contributed by atoms with Gasteiger partial charge in [0.05, 0.1) is 11.3 Å². The van der Waals surface area contributed by atoms with Crippen LogP contribution in [0.25, 0.3) is 11.0 Å². The Balaban J connectivity index is 2.20. The molecule has 0 bridgehead atoms. The summed E-state index contributed by atoms with van der Waals surface area (Å²) in [6, 6.07) is 14.1. The number of hydrogen-bond acceptors (Lipinski definition) is 4. The molecule has 0 aliphatic rings. The largest absolute Gasteiger partial charge is 0.507 e. The molecule has 0 fully saturated rings. The van der Waals surface area contributed by atoms with Gasteiger partial charge in [-0.15, -0.1) is 0 Å². The number of aliphatic imine (C=N–C) groups is 1. The molecule has 1 aromatic heterocycles. The highest BCUT2D eigenvalue weighted by molar-refractivity contribution is 6.00. The third-order valence-corrected chi connectivity index (χ3v) is 3.23. The number of para-hydroxylation sites is 1. The molecule has 0 saturated heterocycles. The number of benzene rings is 2. The van der Waals surface area contributed by atoms with Gasteiger partial charge >= 0.3 is 5.63 Å². The molecule has 0 amide bonds. The molecule has 1 heterocycles. The van der Waals surface area contributed by atoms with E-state index < -0.39 is 5.63 Å². The van der Waals surface area contributed by atoms with E-state index in [1.807, 2.05) is 37.3 Å². The fraction of sp³-hybridized carbons (Fsp3) is 0.0588. The van der Waals surface area contributed by atoms with Crippen molar-refractivity contribution in [3.63, 3.8) is 0 Å². The Morgan fingerprint density at radius 1 is 1.14 bits per heavy atom. The lowest BCUT2D eigenvalue weighted by Gasteiger charge is -2.05.